The molecule has 0 radical (unpaired) electrons. The van der Waals surface area contributed by atoms with Crippen LogP contribution in [0.2, 0.25) is 0 Å². The number of benzene rings is 3. The SMILES string of the molecule is Cc1ccc(OC(C(=O)O)c2ccc3ccccc3c2)cc1. The first-order chi connectivity index (χ1) is 10.6. The van der Waals surface area contributed by atoms with Crippen LogP contribution in [0.1, 0.15) is 17.2 Å². The lowest BCUT2D eigenvalue weighted by Crippen LogP contribution is -2.18. The molecular formula is C19H16O3. The summed E-state index contributed by atoms with van der Waals surface area (Å²) in [6.45, 7) is 1.97. The summed E-state index contributed by atoms with van der Waals surface area (Å²) >= 11 is 0. The van der Waals surface area contributed by atoms with E-state index in [0.29, 0.717) is 11.3 Å². The van der Waals surface area contributed by atoms with E-state index in [1.54, 1.807) is 18.2 Å². The van der Waals surface area contributed by atoms with E-state index in [4.69, 9.17) is 4.74 Å². The highest BCUT2D eigenvalue weighted by Gasteiger charge is 2.22. The van der Waals surface area contributed by atoms with Gasteiger partial charge >= 0.3 is 5.97 Å². The van der Waals surface area contributed by atoms with Crippen LogP contribution in [0.4, 0.5) is 0 Å². The highest BCUT2D eigenvalue weighted by molar-refractivity contribution is 5.85. The predicted molar refractivity (Wildman–Crippen MR) is 86.1 cm³/mol. The number of hydrogen-bond donors (Lipinski definition) is 1. The topological polar surface area (TPSA) is 46.5 Å². The molecule has 3 nitrogen and oxygen atoms in total. The van der Waals surface area contributed by atoms with Crippen molar-refractivity contribution in [1.82, 2.24) is 0 Å². The van der Waals surface area contributed by atoms with Crippen LogP contribution in [0.5, 0.6) is 5.75 Å². The van der Waals surface area contributed by atoms with Crippen LogP contribution in [-0.2, 0) is 4.79 Å². The number of carboxylic acids is 1. The molecule has 0 saturated carbocycles. The summed E-state index contributed by atoms with van der Waals surface area (Å²) in [5.74, 6) is -0.456. The van der Waals surface area contributed by atoms with Gasteiger partial charge in [0.1, 0.15) is 5.75 Å². The van der Waals surface area contributed by atoms with E-state index in [1.807, 2.05) is 55.5 Å². The summed E-state index contributed by atoms with van der Waals surface area (Å²) < 4.78 is 5.67. The van der Waals surface area contributed by atoms with Crippen molar-refractivity contribution in [2.75, 3.05) is 0 Å². The van der Waals surface area contributed by atoms with E-state index in [9.17, 15) is 9.90 Å². The van der Waals surface area contributed by atoms with Crippen molar-refractivity contribution in [2.24, 2.45) is 0 Å². The maximum Gasteiger partial charge on any atom is 0.349 e. The second kappa shape index (κ2) is 5.90. The third kappa shape index (κ3) is 2.93. The molecule has 0 aliphatic carbocycles. The van der Waals surface area contributed by atoms with Crippen molar-refractivity contribution in [2.45, 2.75) is 13.0 Å². The number of rotatable bonds is 4. The van der Waals surface area contributed by atoms with Gasteiger partial charge in [-0.3, -0.25) is 0 Å². The Kier molecular flexibility index (Phi) is 3.79. The molecule has 3 rings (SSSR count). The van der Waals surface area contributed by atoms with E-state index in [-0.39, 0.29) is 0 Å². The van der Waals surface area contributed by atoms with Crippen LogP contribution in [0, 0.1) is 6.92 Å². The number of fused-ring (bicyclic) bond motifs is 1. The minimum Gasteiger partial charge on any atom is -0.478 e. The highest BCUT2D eigenvalue weighted by atomic mass is 16.5. The average Bonchev–Trinajstić information content (AvgIpc) is 2.53. The fourth-order valence-corrected chi connectivity index (χ4v) is 2.38. The molecule has 3 heteroatoms. The Morgan fingerprint density at radius 2 is 1.64 bits per heavy atom. The molecule has 22 heavy (non-hydrogen) atoms. The summed E-state index contributed by atoms with van der Waals surface area (Å²) in [5, 5.41) is 11.6. The van der Waals surface area contributed by atoms with Crippen LogP contribution >= 0.6 is 0 Å². The largest absolute Gasteiger partial charge is 0.478 e. The molecule has 0 bridgehead atoms. The fourth-order valence-electron chi connectivity index (χ4n) is 2.38. The zero-order valence-electron chi connectivity index (χ0n) is 12.2. The molecule has 110 valence electrons. The average molecular weight is 292 g/mol. The number of carbonyl (C=O) groups is 1. The van der Waals surface area contributed by atoms with Gasteiger partial charge in [0, 0.05) is 5.56 Å². The van der Waals surface area contributed by atoms with Crippen molar-refractivity contribution in [1.29, 1.82) is 0 Å². The zero-order valence-corrected chi connectivity index (χ0v) is 12.2. The summed E-state index contributed by atoms with van der Waals surface area (Å²) in [6.07, 6.45) is -1.02. The Balaban J connectivity index is 1.95. The molecule has 0 spiro atoms. The van der Waals surface area contributed by atoms with Crippen LogP contribution in [0.3, 0.4) is 0 Å². The summed E-state index contributed by atoms with van der Waals surface area (Å²) in [6, 6.07) is 20.8. The normalized spacial score (nSPS) is 12.0. The van der Waals surface area contributed by atoms with Crippen LogP contribution < -0.4 is 4.74 Å². The first-order valence-corrected chi connectivity index (χ1v) is 7.08. The zero-order chi connectivity index (χ0) is 15.5. The molecule has 0 saturated heterocycles. The van der Waals surface area contributed by atoms with Gasteiger partial charge in [-0.05, 0) is 35.9 Å². The second-order valence-corrected chi connectivity index (χ2v) is 5.26. The van der Waals surface area contributed by atoms with Gasteiger partial charge < -0.3 is 9.84 Å². The Hall–Kier alpha value is -2.81. The van der Waals surface area contributed by atoms with Gasteiger partial charge in [0.05, 0.1) is 0 Å². The first kappa shape index (κ1) is 14.1. The molecule has 0 fully saturated rings. The van der Waals surface area contributed by atoms with Crippen molar-refractivity contribution < 1.29 is 14.6 Å². The standard InChI is InChI=1S/C19H16O3/c1-13-6-10-17(11-7-13)22-18(19(20)21)16-9-8-14-4-2-3-5-15(14)12-16/h2-12,18H,1H3,(H,20,21). The molecule has 0 amide bonds. The molecule has 0 aromatic heterocycles. The summed E-state index contributed by atoms with van der Waals surface area (Å²) in [4.78, 5) is 11.6. The minimum atomic E-state index is -1.02. The van der Waals surface area contributed by atoms with E-state index in [2.05, 4.69) is 0 Å². The van der Waals surface area contributed by atoms with Crippen LogP contribution in [0.25, 0.3) is 10.8 Å². The van der Waals surface area contributed by atoms with Gasteiger partial charge in [-0.1, -0.05) is 54.1 Å². The van der Waals surface area contributed by atoms with Gasteiger partial charge in [0.2, 0.25) is 6.10 Å². The number of aryl methyl sites for hydroxylation is 1. The van der Waals surface area contributed by atoms with E-state index < -0.39 is 12.1 Å². The Bertz CT molecular complexity index is 806. The van der Waals surface area contributed by atoms with E-state index in [0.717, 1.165) is 16.3 Å². The molecule has 0 aliphatic rings. The number of aliphatic carboxylic acids is 1. The molecule has 1 unspecified atom stereocenters. The monoisotopic (exact) mass is 292 g/mol. The van der Waals surface area contributed by atoms with Gasteiger partial charge in [0.15, 0.2) is 0 Å². The number of hydrogen-bond acceptors (Lipinski definition) is 2. The Morgan fingerprint density at radius 3 is 2.32 bits per heavy atom. The maximum atomic E-state index is 11.6. The number of ether oxygens (including phenoxy) is 1. The van der Waals surface area contributed by atoms with Crippen molar-refractivity contribution in [3.63, 3.8) is 0 Å². The molecule has 3 aromatic carbocycles. The summed E-state index contributed by atoms with van der Waals surface area (Å²) in [7, 11) is 0. The predicted octanol–water partition coefficient (Wildman–Crippen LogP) is 4.35. The van der Waals surface area contributed by atoms with Crippen LogP contribution in [-0.4, -0.2) is 11.1 Å². The van der Waals surface area contributed by atoms with Crippen molar-refractivity contribution in [3.05, 3.63) is 77.9 Å². The van der Waals surface area contributed by atoms with Crippen molar-refractivity contribution in [3.8, 4) is 5.75 Å². The highest BCUT2D eigenvalue weighted by Crippen LogP contribution is 2.25. The summed E-state index contributed by atoms with van der Waals surface area (Å²) in [5.41, 5.74) is 1.73. The number of carboxylic acid groups (broad SMARTS) is 1. The molecular weight excluding hydrogens is 276 g/mol. The van der Waals surface area contributed by atoms with E-state index in [1.165, 1.54) is 0 Å². The molecule has 1 atom stereocenters. The van der Waals surface area contributed by atoms with Gasteiger partial charge in [-0.15, -0.1) is 0 Å². The molecule has 0 aliphatic heterocycles. The lowest BCUT2D eigenvalue weighted by Gasteiger charge is -2.16. The lowest BCUT2D eigenvalue weighted by atomic mass is 10.0. The maximum absolute atomic E-state index is 11.6. The lowest BCUT2D eigenvalue weighted by molar-refractivity contribution is -0.145. The third-order valence-electron chi connectivity index (χ3n) is 3.58. The Morgan fingerprint density at radius 1 is 0.955 bits per heavy atom. The van der Waals surface area contributed by atoms with Gasteiger partial charge in [-0.25, -0.2) is 4.79 Å². The molecule has 1 N–H and O–H groups in total. The minimum absolute atomic E-state index is 0.547. The van der Waals surface area contributed by atoms with Gasteiger partial charge in [-0.2, -0.15) is 0 Å². The van der Waals surface area contributed by atoms with E-state index >= 15 is 0 Å². The van der Waals surface area contributed by atoms with Crippen LogP contribution in [0.15, 0.2) is 66.7 Å². The second-order valence-electron chi connectivity index (χ2n) is 5.26. The quantitative estimate of drug-likeness (QED) is 0.777. The fraction of sp³-hybridized carbons (Fsp3) is 0.105. The third-order valence-corrected chi connectivity index (χ3v) is 3.58. The molecule has 0 heterocycles. The Labute approximate surface area is 128 Å². The smallest absolute Gasteiger partial charge is 0.349 e. The van der Waals surface area contributed by atoms with Crippen molar-refractivity contribution >= 4 is 16.7 Å². The first-order valence-electron chi connectivity index (χ1n) is 7.08. The van der Waals surface area contributed by atoms with Gasteiger partial charge in [0.25, 0.3) is 0 Å². The molecule has 3 aromatic rings.